The first-order chi connectivity index (χ1) is 11.6. The van der Waals surface area contributed by atoms with Crippen LogP contribution in [0.25, 0.3) is 0 Å². The van der Waals surface area contributed by atoms with Gasteiger partial charge in [-0.1, -0.05) is 25.3 Å². The van der Waals surface area contributed by atoms with Gasteiger partial charge in [0.1, 0.15) is 0 Å². The summed E-state index contributed by atoms with van der Waals surface area (Å²) < 4.78 is 0. The van der Waals surface area contributed by atoms with Crippen LogP contribution in [-0.2, 0) is 9.59 Å². The SMILES string of the molecule is CN(C(=O)CSCC(=O)Nc1cccc(C#N)c1)C1CCCCC1. The van der Waals surface area contributed by atoms with E-state index in [1.54, 1.807) is 24.3 Å². The van der Waals surface area contributed by atoms with Crippen LogP contribution >= 0.6 is 11.8 Å². The minimum atomic E-state index is -0.164. The van der Waals surface area contributed by atoms with Crippen molar-refractivity contribution in [3.05, 3.63) is 29.8 Å². The Morgan fingerprint density at radius 1 is 1.29 bits per heavy atom. The molecule has 0 aliphatic heterocycles. The summed E-state index contributed by atoms with van der Waals surface area (Å²) in [6, 6.07) is 9.17. The fourth-order valence-electron chi connectivity index (χ4n) is 2.87. The molecule has 0 spiro atoms. The summed E-state index contributed by atoms with van der Waals surface area (Å²) in [7, 11) is 1.87. The van der Waals surface area contributed by atoms with Gasteiger partial charge in [-0.05, 0) is 31.0 Å². The van der Waals surface area contributed by atoms with Gasteiger partial charge in [-0.3, -0.25) is 9.59 Å². The highest BCUT2D eigenvalue weighted by molar-refractivity contribution is 8.00. The lowest BCUT2D eigenvalue weighted by molar-refractivity contribution is -0.129. The topological polar surface area (TPSA) is 73.2 Å². The van der Waals surface area contributed by atoms with E-state index in [2.05, 4.69) is 5.32 Å². The predicted molar refractivity (Wildman–Crippen MR) is 96.8 cm³/mol. The molecule has 2 amide bonds. The number of carbonyl (C=O) groups excluding carboxylic acids is 2. The molecule has 0 atom stereocenters. The van der Waals surface area contributed by atoms with Gasteiger partial charge < -0.3 is 10.2 Å². The number of benzene rings is 1. The lowest BCUT2D eigenvalue weighted by atomic mass is 9.94. The van der Waals surface area contributed by atoms with Crippen molar-refractivity contribution in [3.63, 3.8) is 0 Å². The lowest BCUT2D eigenvalue weighted by Crippen LogP contribution is -2.39. The Kier molecular flexibility index (Phi) is 7.13. The van der Waals surface area contributed by atoms with Crippen LogP contribution in [-0.4, -0.2) is 41.3 Å². The predicted octanol–water partition coefficient (Wildman–Crippen LogP) is 3.02. The maximum Gasteiger partial charge on any atom is 0.234 e. The average Bonchev–Trinajstić information content (AvgIpc) is 2.61. The van der Waals surface area contributed by atoms with Gasteiger partial charge in [-0.15, -0.1) is 11.8 Å². The Morgan fingerprint density at radius 3 is 2.75 bits per heavy atom. The molecule has 0 saturated heterocycles. The molecule has 1 N–H and O–H groups in total. The summed E-state index contributed by atoms with van der Waals surface area (Å²) in [5.74, 6) is 0.467. The Bertz CT molecular complexity index is 621. The molecular formula is C18H23N3O2S. The number of carbonyl (C=O) groups is 2. The van der Waals surface area contributed by atoms with Gasteiger partial charge >= 0.3 is 0 Å². The smallest absolute Gasteiger partial charge is 0.234 e. The third kappa shape index (κ3) is 5.57. The molecule has 1 saturated carbocycles. The first-order valence-electron chi connectivity index (χ1n) is 8.23. The summed E-state index contributed by atoms with van der Waals surface area (Å²) in [6.45, 7) is 0. The molecule has 0 aromatic heterocycles. The van der Waals surface area contributed by atoms with Gasteiger partial charge in [0.15, 0.2) is 0 Å². The molecule has 1 fully saturated rings. The maximum absolute atomic E-state index is 12.2. The van der Waals surface area contributed by atoms with E-state index in [4.69, 9.17) is 5.26 Å². The quantitative estimate of drug-likeness (QED) is 0.860. The monoisotopic (exact) mass is 345 g/mol. The zero-order chi connectivity index (χ0) is 17.4. The number of thioether (sulfide) groups is 1. The van der Waals surface area contributed by atoms with Crippen LogP contribution in [0.2, 0.25) is 0 Å². The number of hydrogen-bond donors (Lipinski definition) is 1. The standard InChI is InChI=1S/C18H23N3O2S/c1-21(16-8-3-2-4-9-16)18(23)13-24-12-17(22)20-15-7-5-6-14(10-15)11-19/h5-7,10,16H,2-4,8-9,12-13H2,1H3,(H,20,22). The highest BCUT2D eigenvalue weighted by Gasteiger charge is 2.21. The molecule has 1 aliphatic rings. The third-order valence-corrected chi connectivity index (χ3v) is 5.17. The molecule has 128 valence electrons. The van der Waals surface area contributed by atoms with Crippen molar-refractivity contribution in [2.24, 2.45) is 0 Å². The van der Waals surface area contributed by atoms with Gasteiger partial charge in [0.2, 0.25) is 11.8 Å². The van der Waals surface area contributed by atoms with Crippen LogP contribution in [0.1, 0.15) is 37.7 Å². The van der Waals surface area contributed by atoms with Crippen molar-refractivity contribution in [1.82, 2.24) is 4.90 Å². The summed E-state index contributed by atoms with van der Waals surface area (Å²) in [4.78, 5) is 26.0. The number of nitrogens with one attached hydrogen (secondary N) is 1. The van der Waals surface area contributed by atoms with Crippen LogP contribution in [0, 0.1) is 11.3 Å². The van der Waals surface area contributed by atoms with Crippen LogP contribution in [0.15, 0.2) is 24.3 Å². The van der Waals surface area contributed by atoms with Crippen molar-refractivity contribution >= 4 is 29.3 Å². The van der Waals surface area contributed by atoms with Gasteiger partial charge in [-0.2, -0.15) is 5.26 Å². The van der Waals surface area contributed by atoms with Crippen molar-refractivity contribution in [2.75, 3.05) is 23.9 Å². The lowest BCUT2D eigenvalue weighted by Gasteiger charge is -2.31. The number of anilines is 1. The molecule has 0 radical (unpaired) electrons. The molecule has 2 rings (SSSR count). The van der Waals surface area contributed by atoms with Crippen molar-refractivity contribution in [1.29, 1.82) is 5.26 Å². The van der Waals surface area contributed by atoms with Gasteiger partial charge in [0.05, 0.1) is 23.1 Å². The van der Waals surface area contributed by atoms with Crippen LogP contribution in [0.5, 0.6) is 0 Å². The second-order valence-corrected chi connectivity index (χ2v) is 7.02. The normalized spacial score (nSPS) is 14.7. The van der Waals surface area contributed by atoms with E-state index >= 15 is 0 Å². The fraction of sp³-hybridized carbons (Fsp3) is 0.500. The van der Waals surface area contributed by atoms with Crippen molar-refractivity contribution in [3.8, 4) is 6.07 Å². The zero-order valence-corrected chi connectivity index (χ0v) is 14.8. The summed E-state index contributed by atoms with van der Waals surface area (Å²) >= 11 is 1.32. The fourth-order valence-corrected chi connectivity index (χ4v) is 3.61. The molecule has 1 aromatic carbocycles. The molecule has 0 bridgehead atoms. The van der Waals surface area contributed by atoms with Gasteiger partial charge in [0.25, 0.3) is 0 Å². The second kappa shape index (κ2) is 9.33. The number of nitriles is 1. The minimum Gasteiger partial charge on any atom is -0.342 e. The minimum absolute atomic E-state index is 0.0891. The van der Waals surface area contributed by atoms with E-state index in [9.17, 15) is 9.59 Å². The first-order valence-corrected chi connectivity index (χ1v) is 9.39. The zero-order valence-electron chi connectivity index (χ0n) is 14.0. The Labute approximate surface area is 147 Å². The van der Waals surface area contributed by atoms with Crippen molar-refractivity contribution in [2.45, 2.75) is 38.1 Å². The molecule has 1 aliphatic carbocycles. The van der Waals surface area contributed by atoms with E-state index in [1.165, 1.54) is 31.0 Å². The molecule has 5 nitrogen and oxygen atoms in total. The van der Waals surface area contributed by atoms with Crippen LogP contribution in [0.4, 0.5) is 5.69 Å². The average molecular weight is 345 g/mol. The van der Waals surface area contributed by atoms with E-state index < -0.39 is 0 Å². The maximum atomic E-state index is 12.2. The summed E-state index contributed by atoms with van der Waals surface area (Å²) in [6.07, 6.45) is 5.82. The van der Waals surface area contributed by atoms with Gasteiger partial charge in [0, 0.05) is 18.8 Å². The molecular weight excluding hydrogens is 322 g/mol. The number of nitrogens with zero attached hydrogens (tertiary/aromatic N) is 2. The van der Waals surface area contributed by atoms with E-state index in [1.807, 2.05) is 18.0 Å². The van der Waals surface area contributed by atoms with Crippen molar-refractivity contribution < 1.29 is 9.59 Å². The molecule has 0 unspecified atom stereocenters. The molecule has 1 aromatic rings. The van der Waals surface area contributed by atoms with Gasteiger partial charge in [-0.25, -0.2) is 0 Å². The number of hydrogen-bond acceptors (Lipinski definition) is 4. The molecule has 6 heteroatoms. The molecule has 0 heterocycles. The summed E-state index contributed by atoms with van der Waals surface area (Å²) in [5.41, 5.74) is 1.11. The number of rotatable bonds is 6. The first kappa shape index (κ1) is 18.3. The molecule has 24 heavy (non-hydrogen) atoms. The Morgan fingerprint density at radius 2 is 2.04 bits per heavy atom. The third-order valence-electron chi connectivity index (χ3n) is 4.25. The number of amides is 2. The summed E-state index contributed by atoms with van der Waals surface area (Å²) in [5, 5.41) is 11.6. The highest BCUT2D eigenvalue weighted by atomic mass is 32.2. The Hall–Kier alpha value is -2.00. The second-order valence-electron chi connectivity index (χ2n) is 6.03. The highest BCUT2D eigenvalue weighted by Crippen LogP contribution is 2.22. The van der Waals surface area contributed by atoms with E-state index in [0.717, 1.165) is 12.8 Å². The van der Waals surface area contributed by atoms with Crippen LogP contribution < -0.4 is 5.32 Å². The Balaban J connectivity index is 1.71. The van der Waals surface area contributed by atoms with E-state index in [-0.39, 0.29) is 17.6 Å². The largest absolute Gasteiger partial charge is 0.342 e. The van der Waals surface area contributed by atoms with E-state index in [0.29, 0.717) is 23.0 Å². The van der Waals surface area contributed by atoms with Crippen LogP contribution in [0.3, 0.4) is 0 Å².